The van der Waals surface area contributed by atoms with Crippen molar-refractivity contribution in [2.24, 2.45) is 5.92 Å². The highest BCUT2D eigenvalue weighted by molar-refractivity contribution is 7.10. The highest BCUT2D eigenvalue weighted by Gasteiger charge is 2.28. The van der Waals surface area contributed by atoms with Crippen molar-refractivity contribution in [2.75, 3.05) is 6.54 Å². The summed E-state index contributed by atoms with van der Waals surface area (Å²) in [6, 6.07) is 4.23. The van der Waals surface area contributed by atoms with Gasteiger partial charge in [-0.25, -0.2) is 4.79 Å². The summed E-state index contributed by atoms with van der Waals surface area (Å²) < 4.78 is 0. The third-order valence-corrected chi connectivity index (χ3v) is 5.31. The smallest absolute Gasteiger partial charge is 0.315 e. The third-order valence-electron chi connectivity index (χ3n) is 4.36. The first-order valence-electron chi connectivity index (χ1n) is 8.09. The lowest BCUT2D eigenvalue weighted by Crippen LogP contribution is -2.44. The molecule has 5 nitrogen and oxygen atoms in total. The normalized spacial score (nSPS) is 19.6. The van der Waals surface area contributed by atoms with E-state index in [0.29, 0.717) is 12.0 Å². The van der Waals surface area contributed by atoms with Gasteiger partial charge >= 0.3 is 6.03 Å². The Kier molecular flexibility index (Phi) is 4.97. The van der Waals surface area contributed by atoms with E-state index in [1.165, 1.54) is 17.7 Å². The maximum Gasteiger partial charge on any atom is 0.315 e. The molecule has 0 saturated heterocycles. The number of urea groups is 1. The van der Waals surface area contributed by atoms with Gasteiger partial charge in [-0.2, -0.15) is 0 Å². The molecule has 1 unspecified atom stereocenters. The second kappa shape index (κ2) is 7.13. The van der Waals surface area contributed by atoms with Crippen molar-refractivity contribution in [1.82, 2.24) is 16.0 Å². The van der Waals surface area contributed by atoms with Gasteiger partial charge in [-0.15, -0.1) is 11.3 Å². The van der Waals surface area contributed by atoms with Gasteiger partial charge in [-0.05, 0) is 43.0 Å². The molecule has 22 heavy (non-hydrogen) atoms. The van der Waals surface area contributed by atoms with Gasteiger partial charge in [0, 0.05) is 10.9 Å². The first-order chi connectivity index (χ1) is 10.7. The fourth-order valence-corrected chi connectivity index (χ4v) is 3.91. The van der Waals surface area contributed by atoms with Crippen molar-refractivity contribution in [3.8, 4) is 0 Å². The molecular formula is C16H23N3O2S. The molecule has 1 aromatic heterocycles. The molecule has 1 heterocycles. The minimum atomic E-state index is -0.253. The maximum atomic E-state index is 12.1. The Labute approximate surface area is 134 Å². The van der Waals surface area contributed by atoms with Crippen molar-refractivity contribution < 1.29 is 9.59 Å². The molecule has 6 heteroatoms. The average Bonchev–Trinajstić information content (AvgIpc) is 3.01. The standard InChI is InChI=1S/C16H23N3O2S/c20-14(18-12-7-8-12)10-17-16(21)19-15(11-4-1-2-5-11)13-6-3-9-22-13/h3,6,9,11-12,15H,1-2,4-5,7-8,10H2,(H,18,20)(H2,17,19,21). The van der Waals surface area contributed by atoms with Crippen LogP contribution in [0.3, 0.4) is 0 Å². The van der Waals surface area contributed by atoms with E-state index in [9.17, 15) is 9.59 Å². The van der Waals surface area contributed by atoms with Crippen molar-refractivity contribution >= 4 is 23.3 Å². The maximum absolute atomic E-state index is 12.1. The van der Waals surface area contributed by atoms with E-state index in [4.69, 9.17) is 0 Å². The first-order valence-corrected chi connectivity index (χ1v) is 8.97. The lowest BCUT2D eigenvalue weighted by Gasteiger charge is -2.23. The molecule has 3 amide bonds. The van der Waals surface area contributed by atoms with Crippen molar-refractivity contribution in [2.45, 2.75) is 50.6 Å². The SMILES string of the molecule is O=C(CNC(=O)NC(c1cccs1)C1CCCC1)NC1CC1. The van der Waals surface area contributed by atoms with Crippen molar-refractivity contribution in [1.29, 1.82) is 0 Å². The number of rotatable bonds is 6. The average molecular weight is 321 g/mol. The van der Waals surface area contributed by atoms with E-state index < -0.39 is 0 Å². The van der Waals surface area contributed by atoms with Gasteiger partial charge in [0.2, 0.25) is 5.91 Å². The van der Waals surface area contributed by atoms with Crippen LogP contribution < -0.4 is 16.0 Å². The Bertz CT molecular complexity index is 507. The molecule has 2 fully saturated rings. The molecule has 0 spiro atoms. The molecule has 1 aromatic rings. The van der Waals surface area contributed by atoms with E-state index in [2.05, 4.69) is 22.0 Å². The summed E-state index contributed by atoms with van der Waals surface area (Å²) in [6.45, 7) is 0.0458. The summed E-state index contributed by atoms with van der Waals surface area (Å²) in [4.78, 5) is 24.9. The second-order valence-electron chi connectivity index (χ2n) is 6.21. The van der Waals surface area contributed by atoms with E-state index in [0.717, 1.165) is 25.7 Å². The highest BCUT2D eigenvalue weighted by atomic mass is 32.1. The van der Waals surface area contributed by atoms with Crippen LogP contribution in [0.15, 0.2) is 17.5 Å². The number of carbonyl (C=O) groups excluding carboxylic acids is 2. The zero-order valence-electron chi connectivity index (χ0n) is 12.6. The predicted molar refractivity (Wildman–Crippen MR) is 86.7 cm³/mol. The first kappa shape index (κ1) is 15.3. The van der Waals surface area contributed by atoms with Crippen LogP contribution >= 0.6 is 11.3 Å². The minimum absolute atomic E-state index is 0.0458. The Hall–Kier alpha value is -1.56. The molecule has 0 aromatic carbocycles. The fraction of sp³-hybridized carbons (Fsp3) is 0.625. The monoisotopic (exact) mass is 321 g/mol. The van der Waals surface area contributed by atoms with E-state index >= 15 is 0 Å². The highest BCUT2D eigenvalue weighted by Crippen LogP contribution is 2.37. The van der Waals surface area contributed by atoms with E-state index in [-0.39, 0.29) is 24.5 Å². The Balaban J connectivity index is 1.50. The van der Waals surface area contributed by atoms with Gasteiger partial charge in [0.25, 0.3) is 0 Å². The molecule has 1 atom stereocenters. The minimum Gasteiger partial charge on any atom is -0.352 e. The van der Waals surface area contributed by atoms with Gasteiger partial charge in [0.05, 0.1) is 12.6 Å². The summed E-state index contributed by atoms with van der Waals surface area (Å²) >= 11 is 1.68. The zero-order chi connectivity index (χ0) is 15.4. The van der Waals surface area contributed by atoms with Gasteiger partial charge in [0.1, 0.15) is 0 Å². The molecule has 0 radical (unpaired) electrons. The van der Waals surface area contributed by atoms with Crippen LogP contribution in [0.2, 0.25) is 0 Å². The number of thiophene rings is 1. The molecule has 3 N–H and O–H groups in total. The molecule has 2 aliphatic rings. The summed E-state index contributed by atoms with van der Waals surface area (Å²) in [5, 5.41) is 10.6. The fourth-order valence-electron chi connectivity index (χ4n) is 3.04. The number of hydrogen-bond donors (Lipinski definition) is 3. The van der Waals surface area contributed by atoms with Crippen LogP contribution in [0.1, 0.15) is 49.4 Å². The van der Waals surface area contributed by atoms with Crippen LogP contribution in [-0.4, -0.2) is 24.5 Å². The number of carbonyl (C=O) groups is 2. The Morgan fingerprint density at radius 3 is 2.64 bits per heavy atom. The Morgan fingerprint density at radius 1 is 1.23 bits per heavy atom. The topological polar surface area (TPSA) is 70.2 Å². The lowest BCUT2D eigenvalue weighted by molar-refractivity contribution is -0.120. The van der Waals surface area contributed by atoms with Gasteiger partial charge < -0.3 is 16.0 Å². The van der Waals surface area contributed by atoms with Crippen LogP contribution in [0.5, 0.6) is 0 Å². The number of amides is 3. The largest absolute Gasteiger partial charge is 0.352 e. The van der Waals surface area contributed by atoms with Crippen LogP contribution in [0.25, 0.3) is 0 Å². The molecule has 2 saturated carbocycles. The van der Waals surface area contributed by atoms with Gasteiger partial charge in [-0.3, -0.25) is 4.79 Å². The second-order valence-corrected chi connectivity index (χ2v) is 7.19. The number of hydrogen-bond acceptors (Lipinski definition) is 3. The number of nitrogens with one attached hydrogen (secondary N) is 3. The predicted octanol–water partition coefficient (Wildman–Crippen LogP) is 2.56. The summed E-state index contributed by atoms with van der Waals surface area (Å²) in [5.74, 6) is 0.399. The summed E-state index contributed by atoms with van der Waals surface area (Å²) in [5.41, 5.74) is 0. The Morgan fingerprint density at radius 2 is 2.00 bits per heavy atom. The van der Waals surface area contributed by atoms with Crippen LogP contribution in [0, 0.1) is 5.92 Å². The van der Waals surface area contributed by atoms with Gasteiger partial charge in [-0.1, -0.05) is 18.9 Å². The lowest BCUT2D eigenvalue weighted by atomic mass is 9.97. The van der Waals surface area contributed by atoms with Crippen molar-refractivity contribution in [3.05, 3.63) is 22.4 Å². The quantitative estimate of drug-likeness (QED) is 0.753. The summed E-state index contributed by atoms with van der Waals surface area (Å²) in [6.07, 6.45) is 6.90. The molecule has 0 bridgehead atoms. The van der Waals surface area contributed by atoms with E-state index in [1.807, 2.05) is 11.4 Å². The van der Waals surface area contributed by atoms with Gasteiger partial charge in [0.15, 0.2) is 0 Å². The molecule has 0 aliphatic heterocycles. The van der Waals surface area contributed by atoms with Crippen molar-refractivity contribution in [3.63, 3.8) is 0 Å². The molecular weight excluding hydrogens is 298 g/mol. The van der Waals surface area contributed by atoms with E-state index in [1.54, 1.807) is 11.3 Å². The zero-order valence-corrected chi connectivity index (χ0v) is 13.5. The third kappa shape index (κ3) is 4.22. The van der Waals surface area contributed by atoms with Crippen LogP contribution in [0.4, 0.5) is 4.79 Å². The molecule has 2 aliphatic carbocycles. The van der Waals surface area contributed by atoms with Crippen LogP contribution in [-0.2, 0) is 4.79 Å². The molecule has 3 rings (SSSR count). The molecule has 120 valence electrons. The summed E-state index contributed by atoms with van der Waals surface area (Å²) in [7, 11) is 0.